The Bertz CT molecular complexity index is 289. The summed E-state index contributed by atoms with van der Waals surface area (Å²) in [6.07, 6.45) is 1.00. The molecule has 0 aromatic heterocycles. The van der Waals surface area contributed by atoms with E-state index in [2.05, 4.69) is 31.0 Å². The largest absolute Gasteiger partial charge is 1.00 e. The van der Waals surface area contributed by atoms with Gasteiger partial charge in [0, 0.05) is 0 Å². The Labute approximate surface area is 124 Å². The topological polar surface area (TPSA) is 29.5 Å². The molecule has 0 saturated carbocycles. The summed E-state index contributed by atoms with van der Waals surface area (Å²) in [5.74, 6) is 0.549. The summed E-state index contributed by atoms with van der Waals surface area (Å²) in [6, 6.07) is 8.88. The van der Waals surface area contributed by atoms with Gasteiger partial charge >= 0.3 is 29.6 Å². The van der Waals surface area contributed by atoms with Gasteiger partial charge in [0.15, 0.2) is 0 Å². The smallest absolute Gasteiger partial charge is 0.436 e. The second-order valence-corrected chi connectivity index (χ2v) is 7.48. The van der Waals surface area contributed by atoms with E-state index >= 15 is 0 Å². The van der Waals surface area contributed by atoms with Crippen molar-refractivity contribution in [3.8, 4) is 5.75 Å². The van der Waals surface area contributed by atoms with E-state index in [1.807, 2.05) is 13.0 Å². The molecule has 2 nitrogen and oxygen atoms in total. The van der Waals surface area contributed by atoms with E-state index in [1.165, 1.54) is 0 Å². The van der Waals surface area contributed by atoms with Crippen LogP contribution in [0.15, 0.2) is 30.3 Å². The van der Waals surface area contributed by atoms with Gasteiger partial charge in [0.2, 0.25) is 0 Å². The van der Waals surface area contributed by atoms with Gasteiger partial charge in [0.1, 0.15) is 5.75 Å². The molecule has 0 saturated heterocycles. The summed E-state index contributed by atoms with van der Waals surface area (Å²) < 4.78 is 4.95. The number of benzene rings is 1. The van der Waals surface area contributed by atoms with E-state index in [1.54, 1.807) is 24.3 Å². The van der Waals surface area contributed by atoms with E-state index in [4.69, 9.17) is 9.42 Å². The van der Waals surface area contributed by atoms with Gasteiger partial charge in [0.25, 0.3) is 5.69 Å². The fraction of sp³-hybridized carbons (Fsp3) is 0.222. The van der Waals surface area contributed by atoms with E-state index in [0.717, 1.165) is 6.42 Å². The molecule has 0 aliphatic rings. The monoisotopic (exact) mass is 272 g/mol. The Hall–Kier alpha value is 0.980. The zero-order valence-electron chi connectivity index (χ0n) is 8.96. The van der Waals surface area contributed by atoms with Crippen LogP contribution in [-0.2, 0) is 11.8 Å². The Kier molecular flexibility index (Phi) is 12.4. The number of hydrogen-bond donors (Lipinski definition) is 2. The molecule has 0 radical (unpaired) electrons. The van der Waals surface area contributed by atoms with E-state index < -0.39 is 5.69 Å². The van der Waals surface area contributed by atoms with Crippen molar-refractivity contribution in [2.45, 2.75) is 13.3 Å². The van der Waals surface area contributed by atoms with Crippen molar-refractivity contribution in [1.82, 2.24) is 0 Å². The van der Waals surface area contributed by atoms with Crippen LogP contribution < -0.4 is 34.1 Å². The second-order valence-electron chi connectivity index (χ2n) is 2.39. The third-order valence-corrected chi connectivity index (χ3v) is 1.88. The average Bonchev–Trinajstić information content (AvgIpc) is 2.04. The van der Waals surface area contributed by atoms with Crippen molar-refractivity contribution in [2.24, 2.45) is 0 Å². The first-order chi connectivity index (χ1) is 6.49. The van der Waals surface area contributed by atoms with Crippen LogP contribution in [0, 0.1) is 6.92 Å². The predicted molar refractivity (Wildman–Crippen MR) is 68.2 cm³/mol. The minimum Gasteiger partial charge on any atom is -0.436 e. The molecule has 1 aromatic carbocycles. The molecule has 0 bridgehead atoms. The summed E-state index contributed by atoms with van der Waals surface area (Å²) in [5.41, 5.74) is -2.86. The van der Waals surface area contributed by atoms with Gasteiger partial charge in [-0.1, -0.05) is 37.4 Å². The normalized spacial score (nSPS) is 12.5. The van der Waals surface area contributed by atoms with Crippen LogP contribution in [0.1, 0.15) is 13.3 Å². The van der Waals surface area contributed by atoms with E-state index in [0.29, 0.717) is 5.75 Å². The molecular weight excluding hydrogens is 258 g/mol. The minimum absolute atomic E-state index is 0. The molecule has 0 aliphatic carbocycles. The molecule has 1 N–H and O–H groups in total. The summed E-state index contributed by atoms with van der Waals surface area (Å²) >= 11 is 8.30. The number of para-hydroxylation sites is 1. The standard InChI is InChI=1S/C6H7O2PS2.C3H7.Na/c7-9(10,11)8-6-4-2-1-3-5-6;1-3-2;/h1-5H,(H2,7,10,11);1,3H2,2H3;/q;-1;+1. The van der Waals surface area contributed by atoms with Crippen molar-refractivity contribution in [1.29, 1.82) is 0 Å². The Morgan fingerprint density at radius 3 is 2.20 bits per heavy atom. The van der Waals surface area contributed by atoms with Crippen molar-refractivity contribution >= 4 is 29.7 Å². The van der Waals surface area contributed by atoms with Crippen molar-refractivity contribution in [3.05, 3.63) is 37.3 Å². The first-order valence-corrected chi connectivity index (χ1v) is 7.91. The van der Waals surface area contributed by atoms with Gasteiger partial charge < -0.3 is 16.3 Å². The molecule has 1 aromatic rings. The van der Waals surface area contributed by atoms with Gasteiger partial charge in [-0.2, -0.15) is 6.42 Å². The van der Waals surface area contributed by atoms with Gasteiger partial charge in [-0.25, -0.2) is 0 Å². The first-order valence-electron chi connectivity index (χ1n) is 4.09. The molecule has 80 valence electrons. The molecule has 15 heavy (non-hydrogen) atoms. The summed E-state index contributed by atoms with van der Waals surface area (Å²) in [7, 11) is 0. The summed E-state index contributed by atoms with van der Waals surface area (Å²) in [6.45, 7) is 5.50. The molecule has 0 fully saturated rings. The molecule has 0 heterocycles. The molecule has 0 spiro atoms. The minimum atomic E-state index is -2.86. The molecule has 1 unspecified atom stereocenters. The van der Waals surface area contributed by atoms with Crippen LogP contribution in [0.5, 0.6) is 5.75 Å². The third-order valence-electron chi connectivity index (χ3n) is 0.968. The Balaban J connectivity index is 0. The number of thiol groups is 1. The molecule has 1 rings (SSSR count). The zero-order valence-corrected chi connectivity index (χ0v) is 13.6. The molecule has 0 amide bonds. The Morgan fingerprint density at radius 1 is 1.47 bits per heavy atom. The summed E-state index contributed by atoms with van der Waals surface area (Å²) in [4.78, 5) is 9.04. The molecule has 6 heteroatoms. The fourth-order valence-corrected chi connectivity index (χ4v) is 1.56. The van der Waals surface area contributed by atoms with Crippen LogP contribution >= 0.6 is 17.9 Å². The van der Waals surface area contributed by atoms with E-state index in [9.17, 15) is 0 Å². The molecular formula is C9H14NaO2PS2. The van der Waals surface area contributed by atoms with Gasteiger partial charge in [-0.15, -0.1) is 0 Å². The predicted octanol–water partition coefficient (Wildman–Crippen LogP) is 0.446. The number of rotatable bonds is 2. The Morgan fingerprint density at radius 2 is 1.87 bits per heavy atom. The van der Waals surface area contributed by atoms with Crippen LogP contribution in [0.2, 0.25) is 0 Å². The van der Waals surface area contributed by atoms with Crippen LogP contribution in [-0.4, -0.2) is 4.89 Å². The van der Waals surface area contributed by atoms with Crippen molar-refractivity contribution in [3.63, 3.8) is 0 Å². The van der Waals surface area contributed by atoms with E-state index in [-0.39, 0.29) is 29.6 Å². The summed E-state index contributed by atoms with van der Waals surface area (Å²) in [5, 5.41) is 0. The van der Waals surface area contributed by atoms with Gasteiger partial charge in [-0.05, 0) is 23.9 Å². The maximum Gasteiger partial charge on any atom is 1.00 e. The zero-order chi connectivity index (χ0) is 11.0. The SMILES string of the molecule is OP(=S)(S)Oc1ccccc1.[CH2-]CC.[Na+]. The molecule has 1 atom stereocenters. The van der Waals surface area contributed by atoms with Crippen LogP contribution in [0.4, 0.5) is 0 Å². The first kappa shape index (κ1) is 18.3. The second kappa shape index (κ2) is 10.2. The van der Waals surface area contributed by atoms with Crippen molar-refractivity contribution < 1.29 is 39.0 Å². The third kappa shape index (κ3) is 12.9. The maximum absolute atomic E-state index is 9.04. The molecule has 0 aliphatic heterocycles. The van der Waals surface area contributed by atoms with Crippen molar-refractivity contribution in [2.75, 3.05) is 0 Å². The maximum atomic E-state index is 9.04. The van der Waals surface area contributed by atoms with Gasteiger partial charge in [0.05, 0.1) is 0 Å². The average molecular weight is 272 g/mol. The quantitative estimate of drug-likeness (QED) is 0.354. The van der Waals surface area contributed by atoms with Crippen LogP contribution in [0.3, 0.4) is 0 Å². The van der Waals surface area contributed by atoms with Crippen LogP contribution in [0.25, 0.3) is 0 Å². The van der Waals surface area contributed by atoms with Gasteiger partial charge in [-0.3, -0.25) is 0 Å². The number of hydrogen-bond acceptors (Lipinski definition) is 2. The fourth-order valence-electron chi connectivity index (χ4n) is 0.619.